The molecular formula is C14H15N2O2+. The van der Waals surface area contributed by atoms with E-state index in [1.54, 1.807) is 30.5 Å². The second-order valence-corrected chi connectivity index (χ2v) is 4.31. The number of phenolic OH excluding ortho intramolecular Hbond substituents is 1. The molecule has 0 unspecified atom stereocenters. The topological polar surface area (TPSA) is 67.2 Å². The summed E-state index contributed by atoms with van der Waals surface area (Å²) in [4.78, 5) is 11.1. The number of aromatic hydroxyl groups is 1. The van der Waals surface area contributed by atoms with Crippen LogP contribution in [0.3, 0.4) is 0 Å². The smallest absolute Gasteiger partial charge is 0.254 e. The number of carbonyl (C=O) groups excluding carboxylic acids is 1. The minimum atomic E-state index is -0.448. The molecular weight excluding hydrogens is 228 g/mol. The van der Waals surface area contributed by atoms with Crippen molar-refractivity contribution in [2.75, 3.05) is 0 Å². The molecule has 0 spiro atoms. The number of benzene rings is 1. The zero-order chi connectivity index (χ0) is 13.1. The molecule has 2 aromatic rings. The molecule has 3 N–H and O–H groups in total. The third-order valence-corrected chi connectivity index (χ3v) is 2.63. The highest BCUT2D eigenvalue weighted by molar-refractivity contribution is 5.92. The number of carbonyl (C=O) groups is 1. The van der Waals surface area contributed by atoms with E-state index < -0.39 is 5.91 Å². The van der Waals surface area contributed by atoms with E-state index in [9.17, 15) is 9.90 Å². The van der Waals surface area contributed by atoms with E-state index >= 15 is 0 Å². The molecule has 0 radical (unpaired) electrons. The maximum absolute atomic E-state index is 11.1. The molecule has 0 aliphatic heterocycles. The molecule has 0 bridgehead atoms. The summed E-state index contributed by atoms with van der Waals surface area (Å²) in [6.45, 7) is 2.50. The average molecular weight is 243 g/mol. The SMILES string of the molecule is Cc1cc(O)cc(C[n+]2cccc(C(N)=O)c2)c1. The van der Waals surface area contributed by atoms with Gasteiger partial charge in [-0.2, -0.15) is 4.57 Å². The molecule has 1 aromatic carbocycles. The van der Waals surface area contributed by atoms with E-state index in [0.717, 1.165) is 11.1 Å². The van der Waals surface area contributed by atoms with Gasteiger partial charge < -0.3 is 10.8 Å². The molecule has 0 aliphatic rings. The summed E-state index contributed by atoms with van der Waals surface area (Å²) in [5.74, 6) is -0.201. The van der Waals surface area contributed by atoms with Crippen LogP contribution in [-0.2, 0) is 6.54 Å². The first-order chi connectivity index (χ1) is 8.54. The monoisotopic (exact) mass is 243 g/mol. The maximum atomic E-state index is 11.1. The number of hydrogen-bond donors (Lipinski definition) is 2. The number of nitrogens with two attached hydrogens (primary N) is 1. The fraction of sp³-hybridized carbons (Fsp3) is 0.143. The van der Waals surface area contributed by atoms with E-state index in [4.69, 9.17) is 5.73 Å². The predicted octanol–water partition coefficient (Wildman–Crippen LogP) is 1.14. The molecule has 1 aromatic heterocycles. The van der Waals surface area contributed by atoms with Crippen LogP contribution in [0.4, 0.5) is 0 Å². The van der Waals surface area contributed by atoms with E-state index in [1.165, 1.54) is 0 Å². The normalized spacial score (nSPS) is 10.3. The molecule has 0 fully saturated rings. The van der Waals surface area contributed by atoms with Crippen molar-refractivity contribution in [3.63, 3.8) is 0 Å². The van der Waals surface area contributed by atoms with Crippen LogP contribution in [0.2, 0.25) is 0 Å². The number of nitrogens with zero attached hydrogens (tertiary/aromatic N) is 1. The van der Waals surface area contributed by atoms with Gasteiger partial charge in [0.1, 0.15) is 11.3 Å². The lowest BCUT2D eigenvalue weighted by atomic mass is 10.1. The molecule has 0 aliphatic carbocycles. The Morgan fingerprint density at radius 2 is 2.17 bits per heavy atom. The van der Waals surface area contributed by atoms with Crippen molar-refractivity contribution in [3.8, 4) is 5.75 Å². The Labute approximate surface area is 105 Å². The van der Waals surface area contributed by atoms with Crippen LogP contribution < -0.4 is 10.3 Å². The highest BCUT2D eigenvalue weighted by Gasteiger charge is 2.08. The van der Waals surface area contributed by atoms with Gasteiger partial charge in [-0.05, 0) is 36.8 Å². The van der Waals surface area contributed by atoms with Gasteiger partial charge in [-0.3, -0.25) is 4.79 Å². The molecule has 0 saturated heterocycles. The van der Waals surface area contributed by atoms with Crippen molar-refractivity contribution >= 4 is 5.91 Å². The van der Waals surface area contributed by atoms with Gasteiger partial charge in [-0.1, -0.05) is 0 Å². The van der Waals surface area contributed by atoms with Crippen LogP contribution in [0.5, 0.6) is 5.75 Å². The van der Waals surface area contributed by atoms with E-state index in [-0.39, 0.29) is 5.75 Å². The molecule has 0 atom stereocenters. The van der Waals surface area contributed by atoms with Crippen LogP contribution in [0.15, 0.2) is 42.7 Å². The predicted molar refractivity (Wildman–Crippen MR) is 67.1 cm³/mol. The molecule has 0 saturated carbocycles. The minimum Gasteiger partial charge on any atom is -0.508 e. The van der Waals surface area contributed by atoms with Gasteiger partial charge in [-0.25, -0.2) is 0 Å². The average Bonchev–Trinajstić information content (AvgIpc) is 2.27. The Morgan fingerprint density at radius 1 is 1.39 bits per heavy atom. The number of aryl methyl sites for hydroxylation is 1. The van der Waals surface area contributed by atoms with Gasteiger partial charge in [0, 0.05) is 11.6 Å². The molecule has 2 rings (SSSR count). The van der Waals surface area contributed by atoms with Crippen molar-refractivity contribution in [3.05, 3.63) is 59.4 Å². The van der Waals surface area contributed by atoms with Gasteiger partial charge in [-0.15, -0.1) is 0 Å². The third kappa shape index (κ3) is 2.85. The fourth-order valence-electron chi connectivity index (χ4n) is 1.91. The first-order valence-electron chi connectivity index (χ1n) is 5.63. The lowest BCUT2D eigenvalue weighted by molar-refractivity contribution is -0.688. The molecule has 4 nitrogen and oxygen atoms in total. The Morgan fingerprint density at radius 3 is 2.83 bits per heavy atom. The quantitative estimate of drug-likeness (QED) is 0.794. The zero-order valence-corrected chi connectivity index (χ0v) is 10.1. The third-order valence-electron chi connectivity index (χ3n) is 2.63. The summed E-state index contributed by atoms with van der Waals surface area (Å²) in [5.41, 5.74) is 7.67. The number of rotatable bonds is 3. The van der Waals surface area contributed by atoms with Gasteiger partial charge in [0.25, 0.3) is 5.91 Å². The number of hydrogen-bond acceptors (Lipinski definition) is 2. The molecule has 1 amide bonds. The van der Waals surface area contributed by atoms with Gasteiger partial charge in [0.15, 0.2) is 18.9 Å². The largest absolute Gasteiger partial charge is 0.508 e. The molecule has 4 heteroatoms. The molecule has 18 heavy (non-hydrogen) atoms. The number of amides is 1. The Kier molecular flexibility index (Phi) is 3.28. The van der Waals surface area contributed by atoms with E-state index in [2.05, 4.69) is 0 Å². The van der Waals surface area contributed by atoms with Gasteiger partial charge in [0.05, 0.1) is 0 Å². The highest BCUT2D eigenvalue weighted by atomic mass is 16.3. The second-order valence-electron chi connectivity index (χ2n) is 4.31. The van der Waals surface area contributed by atoms with Crippen LogP contribution >= 0.6 is 0 Å². The zero-order valence-electron chi connectivity index (χ0n) is 10.1. The van der Waals surface area contributed by atoms with Crippen molar-refractivity contribution in [1.82, 2.24) is 0 Å². The molecule has 92 valence electrons. The van der Waals surface area contributed by atoms with Crippen LogP contribution in [0.1, 0.15) is 21.5 Å². The first kappa shape index (κ1) is 12.1. The van der Waals surface area contributed by atoms with Crippen LogP contribution in [-0.4, -0.2) is 11.0 Å². The lowest BCUT2D eigenvalue weighted by Gasteiger charge is -2.02. The Bertz CT molecular complexity index is 574. The van der Waals surface area contributed by atoms with Crippen LogP contribution in [0, 0.1) is 6.92 Å². The van der Waals surface area contributed by atoms with Gasteiger partial charge in [0.2, 0.25) is 0 Å². The summed E-state index contributed by atoms with van der Waals surface area (Å²) >= 11 is 0. The molecule has 1 heterocycles. The Balaban J connectivity index is 2.28. The fourth-order valence-corrected chi connectivity index (χ4v) is 1.91. The van der Waals surface area contributed by atoms with Crippen molar-refractivity contribution in [2.24, 2.45) is 5.73 Å². The lowest BCUT2D eigenvalue weighted by Crippen LogP contribution is -2.35. The second kappa shape index (κ2) is 4.87. The minimum absolute atomic E-state index is 0.247. The van der Waals surface area contributed by atoms with Gasteiger partial charge >= 0.3 is 0 Å². The highest BCUT2D eigenvalue weighted by Crippen LogP contribution is 2.14. The van der Waals surface area contributed by atoms with E-state index in [0.29, 0.717) is 12.1 Å². The summed E-state index contributed by atoms with van der Waals surface area (Å²) in [5, 5.41) is 9.53. The van der Waals surface area contributed by atoms with Crippen molar-refractivity contribution < 1.29 is 14.5 Å². The first-order valence-corrected chi connectivity index (χ1v) is 5.63. The standard InChI is InChI=1S/C14H14N2O2/c1-10-5-11(7-13(17)6-10)8-16-4-2-3-12(9-16)14(15)18/h2-7,9H,8H2,1H3,(H2-,15,17,18)/p+1. The Hall–Kier alpha value is -2.36. The van der Waals surface area contributed by atoms with Crippen molar-refractivity contribution in [1.29, 1.82) is 0 Å². The summed E-state index contributed by atoms with van der Waals surface area (Å²) < 4.78 is 1.86. The van der Waals surface area contributed by atoms with E-state index in [1.807, 2.05) is 23.8 Å². The summed E-state index contributed by atoms with van der Waals surface area (Å²) in [6.07, 6.45) is 3.55. The van der Waals surface area contributed by atoms with Crippen molar-refractivity contribution in [2.45, 2.75) is 13.5 Å². The number of pyridine rings is 1. The summed E-state index contributed by atoms with van der Waals surface area (Å²) in [6, 6.07) is 8.84. The van der Waals surface area contributed by atoms with Crippen LogP contribution in [0.25, 0.3) is 0 Å². The number of primary amides is 1. The number of aromatic nitrogens is 1. The summed E-state index contributed by atoms with van der Waals surface area (Å²) in [7, 11) is 0. The number of phenols is 1. The maximum Gasteiger partial charge on any atom is 0.254 e.